The van der Waals surface area contributed by atoms with Crippen LogP contribution in [-0.4, -0.2) is 43.2 Å². The van der Waals surface area contributed by atoms with Gasteiger partial charge in [0.1, 0.15) is 0 Å². The van der Waals surface area contributed by atoms with Crippen molar-refractivity contribution in [2.45, 2.75) is 50.6 Å². The van der Waals surface area contributed by atoms with Gasteiger partial charge in [0.15, 0.2) is 6.61 Å². The van der Waals surface area contributed by atoms with E-state index in [4.69, 9.17) is 4.74 Å². The summed E-state index contributed by atoms with van der Waals surface area (Å²) in [6.45, 7) is -0.529. The van der Waals surface area contributed by atoms with Gasteiger partial charge in [-0.05, 0) is 18.6 Å². The lowest BCUT2D eigenvalue weighted by Crippen LogP contribution is -2.54. The van der Waals surface area contributed by atoms with E-state index in [1.165, 1.54) is 12.1 Å². The molecule has 0 bridgehead atoms. The first-order valence-electron chi connectivity index (χ1n) is 8.60. The second kappa shape index (κ2) is 9.93. The Balaban J connectivity index is 2.82. The van der Waals surface area contributed by atoms with Gasteiger partial charge in [-0.3, -0.25) is 0 Å². The Hall–Kier alpha value is -2.33. The summed E-state index contributed by atoms with van der Waals surface area (Å²) in [5, 5.41) is 0. The first-order chi connectivity index (χ1) is 13.3. The van der Waals surface area contributed by atoms with E-state index >= 15 is 0 Å². The van der Waals surface area contributed by atoms with Gasteiger partial charge in [0.05, 0.1) is 17.7 Å². The fraction of sp³-hybridized carbons (Fsp3) is 0.556. The molecule has 0 aliphatic rings. The molecule has 1 aromatic carbocycles. The van der Waals surface area contributed by atoms with Gasteiger partial charge >= 0.3 is 30.0 Å². The molecule has 1 rings (SSSR count). The predicted octanol–water partition coefficient (Wildman–Crippen LogP) is 5.41. The number of halogens is 7. The highest BCUT2D eigenvalue weighted by atomic mass is 19.4. The maximum atomic E-state index is 13.3. The maximum absolute atomic E-state index is 13.3. The molecule has 29 heavy (non-hydrogen) atoms. The Kier molecular flexibility index (Phi) is 8.46. The summed E-state index contributed by atoms with van der Waals surface area (Å²) >= 11 is 0. The number of rotatable bonds is 10. The quantitative estimate of drug-likeness (QED) is 0.282. The van der Waals surface area contributed by atoms with Gasteiger partial charge in [-0.2, -0.15) is 30.7 Å². The van der Waals surface area contributed by atoms with Crippen LogP contribution in [-0.2, 0) is 9.47 Å². The molecule has 0 heterocycles. The van der Waals surface area contributed by atoms with E-state index in [0.717, 1.165) is 31.4 Å². The smallest absolute Gasteiger partial charge is 0.460 e. The fourth-order valence-electron chi connectivity index (χ4n) is 2.14. The second-order valence-corrected chi connectivity index (χ2v) is 6.09. The van der Waals surface area contributed by atoms with Gasteiger partial charge in [-0.25, -0.2) is 9.59 Å². The first-order valence-corrected chi connectivity index (χ1v) is 8.60. The largest absolute Gasteiger partial charge is 0.462 e. The number of benzene rings is 1. The minimum Gasteiger partial charge on any atom is -0.462 e. The number of alkyl halides is 7. The van der Waals surface area contributed by atoms with E-state index in [-0.39, 0.29) is 12.2 Å². The van der Waals surface area contributed by atoms with Gasteiger partial charge in [-0.15, -0.1) is 0 Å². The van der Waals surface area contributed by atoms with E-state index in [9.17, 15) is 40.3 Å². The van der Waals surface area contributed by atoms with Gasteiger partial charge in [0.25, 0.3) is 0 Å². The van der Waals surface area contributed by atoms with Crippen LogP contribution < -0.4 is 0 Å². The third kappa shape index (κ3) is 6.33. The summed E-state index contributed by atoms with van der Waals surface area (Å²) < 4.78 is 97.5. The number of hydrogen-bond donors (Lipinski definition) is 0. The minimum absolute atomic E-state index is 0.0259. The van der Waals surface area contributed by atoms with Crippen LogP contribution >= 0.6 is 0 Å². The predicted molar refractivity (Wildman–Crippen MR) is 87.1 cm³/mol. The standard InChI is InChI=1S/C18H19F7O4/c1-2-3-4-7-10-28-14(26)12-8-5-6-9-13(12)15(27)29-11-16(19,20)17(21,22)18(23,24)25/h5-6,8-9H,2-4,7,10-11H2,1H3. The van der Waals surface area contributed by atoms with Crippen molar-refractivity contribution in [3.63, 3.8) is 0 Å². The molecule has 0 radical (unpaired) electrons. The Morgan fingerprint density at radius 2 is 1.34 bits per heavy atom. The van der Waals surface area contributed by atoms with Crippen LogP contribution in [0.4, 0.5) is 30.7 Å². The van der Waals surface area contributed by atoms with Crippen LogP contribution in [0.2, 0.25) is 0 Å². The van der Waals surface area contributed by atoms with Crippen LogP contribution in [0.3, 0.4) is 0 Å². The molecule has 0 spiro atoms. The molecule has 0 atom stereocenters. The van der Waals surface area contributed by atoms with Crippen LogP contribution in [0.5, 0.6) is 0 Å². The van der Waals surface area contributed by atoms with Crippen LogP contribution in [0.15, 0.2) is 24.3 Å². The first kappa shape index (κ1) is 24.7. The molecule has 164 valence electrons. The van der Waals surface area contributed by atoms with Crippen molar-refractivity contribution in [3.8, 4) is 0 Å². The SMILES string of the molecule is CCCCCCOC(=O)c1ccccc1C(=O)OCC(F)(F)C(F)(F)C(F)(F)F. The molecular formula is C18H19F7O4. The molecule has 0 aromatic heterocycles. The zero-order valence-corrected chi connectivity index (χ0v) is 15.3. The van der Waals surface area contributed by atoms with Crippen molar-refractivity contribution in [1.29, 1.82) is 0 Å². The molecule has 11 heteroatoms. The van der Waals surface area contributed by atoms with E-state index in [2.05, 4.69) is 4.74 Å². The molecule has 0 unspecified atom stereocenters. The van der Waals surface area contributed by atoms with Gasteiger partial charge in [0.2, 0.25) is 0 Å². The van der Waals surface area contributed by atoms with Crippen molar-refractivity contribution in [2.75, 3.05) is 13.2 Å². The number of ether oxygens (including phenoxy) is 2. The molecule has 0 N–H and O–H groups in total. The second-order valence-electron chi connectivity index (χ2n) is 6.09. The molecule has 1 aromatic rings. The van der Waals surface area contributed by atoms with E-state index < -0.39 is 42.1 Å². The summed E-state index contributed by atoms with van der Waals surface area (Å²) in [5.74, 6) is -14.8. The zero-order valence-electron chi connectivity index (χ0n) is 15.3. The van der Waals surface area contributed by atoms with Gasteiger partial charge in [-0.1, -0.05) is 38.3 Å². The Morgan fingerprint density at radius 1 is 0.828 bits per heavy atom. The average Bonchev–Trinajstić information content (AvgIpc) is 2.64. The number of hydrogen-bond acceptors (Lipinski definition) is 4. The molecule has 0 fully saturated rings. The van der Waals surface area contributed by atoms with Crippen molar-refractivity contribution < 1.29 is 49.8 Å². The molecular weight excluding hydrogens is 413 g/mol. The van der Waals surface area contributed by atoms with Crippen molar-refractivity contribution in [2.24, 2.45) is 0 Å². The summed E-state index contributed by atoms with van der Waals surface area (Å²) in [6, 6.07) is 4.61. The normalized spacial score (nSPS) is 12.6. The van der Waals surface area contributed by atoms with E-state index in [1.807, 2.05) is 6.92 Å². The van der Waals surface area contributed by atoms with Crippen molar-refractivity contribution in [1.82, 2.24) is 0 Å². The third-order valence-corrected chi connectivity index (χ3v) is 3.80. The lowest BCUT2D eigenvalue weighted by molar-refractivity contribution is -0.359. The number of esters is 2. The zero-order chi connectivity index (χ0) is 22.3. The fourth-order valence-corrected chi connectivity index (χ4v) is 2.14. The van der Waals surface area contributed by atoms with Crippen molar-refractivity contribution >= 4 is 11.9 Å². The average molecular weight is 432 g/mol. The summed E-state index contributed by atoms with van der Waals surface area (Å²) in [5.41, 5.74) is -0.990. The highest BCUT2D eigenvalue weighted by molar-refractivity contribution is 6.03. The lowest BCUT2D eigenvalue weighted by Gasteiger charge is -2.27. The van der Waals surface area contributed by atoms with E-state index in [1.54, 1.807) is 0 Å². The molecule has 0 aliphatic heterocycles. The third-order valence-electron chi connectivity index (χ3n) is 3.80. The van der Waals surface area contributed by atoms with Crippen LogP contribution in [0, 0.1) is 0 Å². The summed E-state index contributed by atoms with van der Waals surface area (Å²) in [6.07, 6.45) is -3.35. The maximum Gasteiger partial charge on any atom is 0.460 e. The monoisotopic (exact) mass is 432 g/mol. The molecule has 4 nitrogen and oxygen atoms in total. The molecule has 0 saturated carbocycles. The van der Waals surface area contributed by atoms with Crippen molar-refractivity contribution in [3.05, 3.63) is 35.4 Å². The van der Waals surface area contributed by atoms with Crippen LogP contribution in [0.25, 0.3) is 0 Å². The van der Waals surface area contributed by atoms with E-state index in [0.29, 0.717) is 6.42 Å². The Morgan fingerprint density at radius 3 is 1.83 bits per heavy atom. The highest BCUT2D eigenvalue weighted by Crippen LogP contribution is 2.46. The summed E-state index contributed by atoms with van der Waals surface area (Å²) in [4.78, 5) is 24.0. The van der Waals surface area contributed by atoms with Crippen LogP contribution in [0.1, 0.15) is 53.3 Å². The highest BCUT2D eigenvalue weighted by Gasteiger charge is 2.73. The van der Waals surface area contributed by atoms with Gasteiger partial charge in [0, 0.05) is 0 Å². The Bertz CT molecular complexity index is 702. The summed E-state index contributed by atoms with van der Waals surface area (Å²) in [7, 11) is 0. The Labute approximate surface area is 162 Å². The van der Waals surface area contributed by atoms with Gasteiger partial charge < -0.3 is 9.47 Å². The molecule has 0 amide bonds. The molecule has 0 saturated heterocycles. The topological polar surface area (TPSA) is 52.6 Å². The number of carbonyl (C=O) groups excluding carboxylic acids is 2. The number of unbranched alkanes of at least 4 members (excludes halogenated alkanes) is 3. The number of carbonyl (C=O) groups is 2. The molecule has 0 aliphatic carbocycles. The minimum atomic E-state index is -6.54. The lowest BCUT2D eigenvalue weighted by atomic mass is 10.1.